The van der Waals surface area contributed by atoms with Crippen molar-refractivity contribution in [3.05, 3.63) is 101 Å². The predicted octanol–water partition coefficient (Wildman–Crippen LogP) is 6.52. The van der Waals surface area contributed by atoms with Gasteiger partial charge < -0.3 is 18.9 Å². The highest BCUT2D eigenvalue weighted by molar-refractivity contribution is 6.30. The van der Waals surface area contributed by atoms with Crippen LogP contribution in [0.25, 0.3) is 27.7 Å². The lowest BCUT2D eigenvalue weighted by atomic mass is 10.1. The van der Waals surface area contributed by atoms with Crippen molar-refractivity contribution in [3.63, 3.8) is 0 Å². The Hall–Kier alpha value is -4.49. The third-order valence-corrected chi connectivity index (χ3v) is 6.17. The van der Waals surface area contributed by atoms with Crippen molar-refractivity contribution in [2.24, 2.45) is 0 Å². The number of benzene rings is 3. The van der Waals surface area contributed by atoms with Crippen molar-refractivity contribution >= 4 is 22.5 Å². The van der Waals surface area contributed by atoms with Gasteiger partial charge in [-0.2, -0.15) is 0 Å². The smallest absolute Gasteiger partial charge is 0.262 e. The summed E-state index contributed by atoms with van der Waals surface area (Å²) in [7, 11) is 4.71. The minimum atomic E-state index is -0.179. The first kappa shape index (κ1) is 24.2. The Kier molecular flexibility index (Phi) is 6.70. The molecule has 2 heterocycles. The maximum Gasteiger partial charge on any atom is 0.262 e. The summed E-state index contributed by atoms with van der Waals surface area (Å²) < 4.78 is 24.3. The van der Waals surface area contributed by atoms with E-state index in [1.165, 1.54) is 0 Å². The van der Waals surface area contributed by atoms with Crippen LogP contribution in [0.3, 0.4) is 0 Å². The van der Waals surface area contributed by atoms with Crippen LogP contribution in [0.1, 0.15) is 0 Å². The fraction of sp³-hybridized carbons (Fsp3) is 0.103. The first-order chi connectivity index (χ1) is 18.0. The van der Waals surface area contributed by atoms with Crippen LogP contribution >= 0.6 is 11.6 Å². The maximum atomic E-state index is 13.3. The molecule has 37 heavy (non-hydrogen) atoms. The molecule has 3 aromatic carbocycles. The van der Waals surface area contributed by atoms with E-state index in [2.05, 4.69) is 4.98 Å². The lowest BCUT2D eigenvalue weighted by Crippen LogP contribution is -2.19. The van der Waals surface area contributed by atoms with Crippen LogP contribution in [0, 0.1) is 0 Å². The average molecular weight is 515 g/mol. The standard InChI is InChI=1S/C29H23ClN2O5/c1-34-26-14-18(21-8-5-13-32(29(21)33)20-7-4-6-19(30)15-20)9-10-25(26)37-24-11-12-31-23-17-28(36-3)27(35-2)16-22(23)24/h4-17H,1-3H3. The van der Waals surface area contributed by atoms with E-state index in [9.17, 15) is 4.79 Å². The minimum absolute atomic E-state index is 0.179. The van der Waals surface area contributed by atoms with Crippen molar-refractivity contribution in [2.45, 2.75) is 0 Å². The van der Waals surface area contributed by atoms with E-state index < -0.39 is 0 Å². The van der Waals surface area contributed by atoms with Gasteiger partial charge in [-0.25, -0.2) is 0 Å². The molecule has 0 aliphatic carbocycles. The van der Waals surface area contributed by atoms with Gasteiger partial charge in [0.2, 0.25) is 0 Å². The van der Waals surface area contributed by atoms with Crippen LogP contribution in [0.15, 0.2) is 90.0 Å². The number of halogens is 1. The van der Waals surface area contributed by atoms with E-state index >= 15 is 0 Å². The number of pyridine rings is 2. The molecule has 0 radical (unpaired) electrons. The van der Waals surface area contributed by atoms with Gasteiger partial charge in [-0.1, -0.05) is 23.7 Å². The predicted molar refractivity (Wildman–Crippen MR) is 144 cm³/mol. The van der Waals surface area contributed by atoms with E-state index in [-0.39, 0.29) is 5.56 Å². The molecule has 0 N–H and O–H groups in total. The van der Waals surface area contributed by atoms with Gasteiger partial charge in [0.15, 0.2) is 23.0 Å². The summed E-state index contributed by atoms with van der Waals surface area (Å²) in [5.74, 6) is 2.67. The van der Waals surface area contributed by atoms with Crippen molar-refractivity contribution in [1.29, 1.82) is 0 Å². The SMILES string of the molecule is COc1cc2nccc(Oc3ccc(-c4cccn(-c5cccc(Cl)c5)c4=O)cc3OC)c2cc1OC. The highest BCUT2D eigenvalue weighted by Crippen LogP contribution is 2.40. The second kappa shape index (κ2) is 10.2. The van der Waals surface area contributed by atoms with Crippen molar-refractivity contribution in [2.75, 3.05) is 21.3 Å². The molecule has 0 aliphatic rings. The zero-order chi connectivity index (χ0) is 25.9. The van der Waals surface area contributed by atoms with Crippen LogP contribution < -0.4 is 24.5 Å². The fourth-order valence-electron chi connectivity index (χ4n) is 4.12. The van der Waals surface area contributed by atoms with Gasteiger partial charge in [0, 0.05) is 34.4 Å². The average Bonchev–Trinajstić information content (AvgIpc) is 2.92. The molecule has 5 aromatic rings. The Bertz CT molecular complexity index is 1660. The molecular weight excluding hydrogens is 492 g/mol. The topological polar surface area (TPSA) is 71.8 Å². The maximum absolute atomic E-state index is 13.3. The number of aromatic nitrogens is 2. The van der Waals surface area contributed by atoms with E-state index in [4.69, 9.17) is 30.5 Å². The summed E-state index contributed by atoms with van der Waals surface area (Å²) in [5.41, 5.74) is 2.40. The lowest BCUT2D eigenvalue weighted by Gasteiger charge is -2.15. The van der Waals surface area contributed by atoms with Crippen LogP contribution in [-0.4, -0.2) is 30.9 Å². The van der Waals surface area contributed by atoms with Gasteiger partial charge in [-0.05, 0) is 60.2 Å². The summed E-state index contributed by atoms with van der Waals surface area (Å²) in [6, 6.07) is 21.5. The zero-order valence-corrected chi connectivity index (χ0v) is 21.2. The Balaban J connectivity index is 1.54. The van der Waals surface area contributed by atoms with Crippen LogP contribution in [-0.2, 0) is 0 Å². The normalized spacial score (nSPS) is 10.8. The van der Waals surface area contributed by atoms with Gasteiger partial charge in [0.05, 0.1) is 32.5 Å². The Morgan fingerprint density at radius 3 is 2.27 bits per heavy atom. The molecule has 8 heteroatoms. The molecule has 5 rings (SSSR count). The van der Waals surface area contributed by atoms with Crippen LogP contribution in [0.2, 0.25) is 5.02 Å². The number of hydrogen-bond donors (Lipinski definition) is 0. The molecule has 0 saturated carbocycles. The summed E-state index contributed by atoms with van der Waals surface area (Å²) in [4.78, 5) is 17.8. The molecule has 0 atom stereocenters. The summed E-state index contributed by atoms with van der Waals surface area (Å²) in [5, 5.41) is 1.30. The number of methoxy groups -OCH3 is 3. The van der Waals surface area contributed by atoms with Gasteiger partial charge in [-0.3, -0.25) is 14.3 Å². The molecule has 0 saturated heterocycles. The monoisotopic (exact) mass is 514 g/mol. The molecule has 0 amide bonds. The van der Waals surface area contributed by atoms with Crippen LogP contribution in [0.5, 0.6) is 28.7 Å². The lowest BCUT2D eigenvalue weighted by molar-refractivity contribution is 0.355. The molecule has 0 unspecified atom stereocenters. The third-order valence-electron chi connectivity index (χ3n) is 5.94. The molecule has 0 fully saturated rings. The largest absolute Gasteiger partial charge is 0.493 e. The van der Waals surface area contributed by atoms with Crippen molar-refractivity contribution < 1.29 is 18.9 Å². The summed E-state index contributed by atoms with van der Waals surface area (Å²) in [6.07, 6.45) is 3.37. The molecule has 186 valence electrons. The van der Waals surface area contributed by atoms with Gasteiger partial charge >= 0.3 is 0 Å². The van der Waals surface area contributed by atoms with E-state index in [1.54, 1.807) is 86.8 Å². The first-order valence-corrected chi connectivity index (χ1v) is 11.7. The Morgan fingerprint density at radius 2 is 1.51 bits per heavy atom. The van der Waals surface area contributed by atoms with Crippen molar-refractivity contribution in [3.8, 4) is 45.6 Å². The van der Waals surface area contributed by atoms with Gasteiger partial charge in [0.25, 0.3) is 5.56 Å². The molecule has 0 bridgehead atoms. The summed E-state index contributed by atoms with van der Waals surface area (Å²) >= 11 is 6.13. The zero-order valence-electron chi connectivity index (χ0n) is 20.4. The Morgan fingerprint density at radius 1 is 0.757 bits per heavy atom. The highest BCUT2D eigenvalue weighted by atomic mass is 35.5. The molecule has 0 aliphatic heterocycles. The quantitative estimate of drug-likeness (QED) is 0.246. The molecule has 0 spiro atoms. The summed E-state index contributed by atoms with van der Waals surface area (Å²) in [6.45, 7) is 0. The fourth-order valence-corrected chi connectivity index (χ4v) is 4.30. The van der Waals surface area contributed by atoms with E-state index in [0.29, 0.717) is 56.1 Å². The molecular formula is C29H23ClN2O5. The number of hydrogen-bond acceptors (Lipinski definition) is 6. The number of ether oxygens (including phenoxy) is 4. The molecule has 2 aromatic heterocycles. The second-order valence-corrected chi connectivity index (χ2v) is 8.51. The highest BCUT2D eigenvalue weighted by Gasteiger charge is 2.15. The Labute approximate surface area is 218 Å². The first-order valence-electron chi connectivity index (χ1n) is 11.4. The second-order valence-electron chi connectivity index (χ2n) is 8.08. The number of rotatable bonds is 7. The van der Waals surface area contributed by atoms with E-state index in [1.807, 2.05) is 24.3 Å². The molecule has 7 nitrogen and oxygen atoms in total. The number of nitrogens with zero attached hydrogens (tertiary/aromatic N) is 2. The number of fused-ring (bicyclic) bond motifs is 1. The van der Waals surface area contributed by atoms with Gasteiger partial charge in [0.1, 0.15) is 5.75 Å². The minimum Gasteiger partial charge on any atom is -0.493 e. The van der Waals surface area contributed by atoms with Gasteiger partial charge in [-0.15, -0.1) is 0 Å². The van der Waals surface area contributed by atoms with Crippen molar-refractivity contribution in [1.82, 2.24) is 9.55 Å². The third kappa shape index (κ3) is 4.69. The van der Waals surface area contributed by atoms with E-state index in [0.717, 1.165) is 5.39 Å². The van der Waals surface area contributed by atoms with Crippen LogP contribution in [0.4, 0.5) is 0 Å².